The van der Waals surface area contributed by atoms with Crippen molar-refractivity contribution in [3.63, 3.8) is 0 Å². The first-order chi connectivity index (χ1) is 7.98. The lowest BCUT2D eigenvalue weighted by Crippen LogP contribution is -2.31. The molecule has 0 radical (unpaired) electrons. The lowest BCUT2D eigenvalue weighted by Gasteiger charge is -2.37. The molecule has 0 amide bonds. The molecule has 0 N–H and O–H groups in total. The van der Waals surface area contributed by atoms with E-state index in [1.165, 1.54) is 38.5 Å². The molecule has 2 aliphatic carbocycles. The molecule has 1 nitrogen and oxygen atoms in total. The van der Waals surface area contributed by atoms with Gasteiger partial charge in [0.1, 0.15) is 5.78 Å². The van der Waals surface area contributed by atoms with Crippen LogP contribution in [0.25, 0.3) is 0 Å². The summed E-state index contributed by atoms with van der Waals surface area (Å²) in [6.07, 6.45) is 9.80. The second-order valence-electron chi connectivity index (χ2n) is 7.30. The van der Waals surface area contributed by atoms with Crippen molar-refractivity contribution in [2.24, 2.45) is 23.2 Å². The SMILES string of the molecule is CC(C)(C)C1CCC(C(=O)C2CCCC2)CC1. The van der Waals surface area contributed by atoms with Crippen molar-refractivity contribution in [3.05, 3.63) is 0 Å². The minimum atomic E-state index is 0.414. The molecule has 0 aliphatic heterocycles. The van der Waals surface area contributed by atoms with Crippen LogP contribution in [0.2, 0.25) is 0 Å². The van der Waals surface area contributed by atoms with Crippen LogP contribution in [-0.2, 0) is 4.79 Å². The zero-order chi connectivity index (χ0) is 12.5. The molecule has 2 saturated carbocycles. The van der Waals surface area contributed by atoms with Crippen molar-refractivity contribution < 1.29 is 4.79 Å². The van der Waals surface area contributed by atoms with Gasteiger partial charge in [-0.3, -0.25) is 4.79 Å². The van der Waals surface area contributed by atoms with Crippen LogP contribution in [0.1, 0.15) is 72.1 Å². The maximum atomic E-state index is 12.4. The van der Waals surface area contributed by atoms with E-state index in [0.717, 1.165) is 18.8 Å². The van der Waals surface area contributed by atoms with Gasteiger partial charge in [-0.2, -0.15) is 0 Å². The molecule has 0 spiro atoms. The number of hydrogen-bond donors (Lipinski definition) is 0. The fourth-order valence-electron chi connectivity index (χ4n) is 3.79. The van der Waals surface area contributed by atoms with Gasteiger partial charge in [0.2, 0.25) is 0 Å². The van der Waals surface area contributed by atoms with Crippen molar-refractivity contribution in [1.29, 1.82) is 0 Å². The van der Waals surface area contributed by atoms with Crippen molar-refractivity contribution in [1.82, 2.24) is 0 Å². The Morgan fingerprint density at radius 3 is 1.76 bits per heavy atom. The second kappa shape index (κ2) is 5.12. The van der Waals surface area contributed by atoms with Crippen LogP contribution in [0.5, 0.6) is 0 Å². The Hall–Kier alpha value is -0.330. The summed E-state index contributed by atoms with van der Waals surface area (Å²) >= 11 is 0. The summed E-state index contributed by atoms with van der Waals surface area (Å²) < 4.78 is 0. The smallest absolute Gasteiger partial charge is 0.139 e. The van der Waals surface area contributed by atoms with Crippen LogP contribution in [0.3, 0.4) is 0 Å². The number of hydrogen-bond acceptors (Lipinski definition) is 1. The zero-order valence-electron chi connectivity index (χ0n) is 11.8. The Morgan fingerprint density at radius 2 is 1.29 bits per heavy atom. The number of Topliss-reactive ketones (excluding diaryl/α,β-unsaturated/α-hetero) is 1. The maximum Gasteiger partial charge on any atom is 0.139 e. The predicted octanol–water partition coefficient (Wildman–Crippen LogP) is 4.60. The van der Waals surface area contributed by atoms with Crippen molar-refractivity contribution in [3.8, 4) is 0 Å². The molecule has 0 aromatic heterocycles. The van der Waals surface area contributed by atoms with E-state index in [1.807, 2.05) is 0 Å². The van der Waals surface area contributed by atoms with Crippen LogP contribution >= 0.6 is 0 Å². The van der Waals surface area contributed by atoms with Gasteiger partial charge in [0.05, 0.1) is 0 Å². The van der Waals surface area contributed by atoms with Crippen molar-refractivity contribution in [2.75, 3.05) is 0 Å². The summed E-state index contributed by atoms with van der Waals surface area (Å²) in [5.41, 5.74) is 0.432. The fraction of sp³-hybridized carbons (Fsp3) is 0.938. The molecule has 1 heteroatoms. The van der Waals surface area contributed by atoms with Gasteiger partial charge in [-0.1, -0.05) is 33.6 Å². The fourth-order valence-corrected chi connectivity index (χ4v) is 3.79. The molecule has 2 fully saturated rings. The molecule has 0 heterocycles. The highest BCUT2D eigenvalue weighted by Gasteiger charge is 2.35. The Labute approximate surface area is 106 Å². The monoisotopic (exact) mass is 236 g/mol. The van der Waals surface area contributed by atoms with E-state index in [2.05, 4.69) is 20.8 Å². The van der Waals surface area contributed by atoms with E-state index < -0.39 is 0 Å². The Morgan fingerprint density at radius 1 is 0.824 bits per heavy atom. The minimum Gasteiger partial charge on any atom is -0.299 e. The average molecular weight is 236 g/mol. The summed E-state index contributed by atoms with van der Waals surface area (Å²) in [5, 5.41) is 0. The third-order valence-electron chi connectivity index (χ3n) is 5.11. The molecule has 0 saturated heterocycles. The third-order valence-corrected chi connectivity index (χ3v) is 5.11. The van der Waals surface area contributed by atoms with Crippen molar-refractivity contribution >= 4 is 5.78 Å². The Kier molecular flexibility index (Phi) is 3.95. The molecule has 0 aromatic carbocycles. The number of rotatable bonds is 2. The van der Waals surface area contributed by atoms with Gasteiger partial charge >= 0.3 is 0 Å². The Balaban J connectivity index is 1.84. The largest absolute Gasteiger partial charge is 0.299 e. The molecule has 0 unspecified atom stereocenters. The summed E-state index contributed by atoms with van der Waals surface area (Å²) in [5.74, 6) is 2.30. The first-order valence-corrected chi connectivity index (χ1v) is 7.52. The molecule has 0 aromatic rings. The number of carbonyl (C=O) groups is 1. The zero-order valence-corrected chi connectivity index (χ0v) is 11.8. The molecule has 0 bridgehead atoms. The minimum absolute atomic E-state index is 0.414. The highest BCUT2D eigenvalue weighted by Crippen LogP contribution is 2.41. The van der Waals surface area contributed by atoms with Gasteiger partial charge < -0.3 is 0 Å². The first-order valence-electron chi connectivity index (χ1n) is 7.52. The number of carbonyl (C=O) groups excluding carboxylic acids is 1. The summed E-state index contributed by atoms with van der Waals surface area (Å²) in [7, 11) is 0. The van der Waals surface area contributed by atoms with Gasteiger partial charge in [0.15, 0.2) is 0 Å². The van der Waals surface area contributed by atoms with Gasteiger partial charge in [-0.05, 0) is 49.9 Å². The molecule has 0 atom stereocenters. The van der Waals surface area contributed by atoms with Gasteiger partial charge in [-0.25, -0.2) is 0 Å². The maximum absolute atomic E-state index is 12.4. The first kappa shape index (κ1) is 13.1. The quantitative estimate of drug-likeness (QED) is 0.685. The van der Waals surface area contributed by atoms with Gasteiger partial charge in [0, 0.05) is 11.8 Å². The van der Waals surface area contributed by atoms with Crippen LogP contribution in [0.4, 0.5) is 0 Å². The Bertz CT molecular complexity index is 260. The summed E-state index contributed by atoms with van der Waals surface area (Å²) in [6, 6.07) is 0. The van der Waals surface area contributed by atoms with E-state index in [4.69, 9.17) is 0 Å². The topological polar surface area (TPSA) is 17.1 Å². The predicted molar refractivity (Wildman–Crippen MR) is 71.9 cm³/mol. The standard InChI is InChI=1S/C16H28O/c1-16(2,3)14-10-8-13(9-11-14)15(17)12-6-4-5-7-12/h12-14H,4-11H2,1-3H3. The third kappa shape index (κ3) is 3.11. The number of ketones is 1. The van der Waals surface area contributed by atoms with E-state index in [1.54, 1.807) is 0 Å². The molecule has 98 valence electrons. The molecular weight excluding hydrogens is 208 g/mol. The van der Waals surface area contributed by atoms with Gasteiger partial charge in [-0.15, -0.1) is 0 Å². The van der Waals surface area contributed by atoms with E-state index in [0.29, 0.717) is 23.0 Å². The highest BCUT2D eigenvalue weighted by atomic mass is 16.1. The van der Waals surface area contributed by atoms with Crippen LogP contribution in [0.15, 0.2) is 0 Å². The van der Waals surface area contributed by atoms with Crippen molar-refractivity contribution in [2.45, 2.75) is 72.1 Å². The summed E-state index contributed by atoms with van der Waals surface area (Å²) in [6.45, 7) is 7.03. The van der Waals surface area contributed by atoms with Gasteiger partial charge in [0.25, 0.3) is 0 Å². The van der Waals surface area contributed by atoms with Crippen LogP contribution in [-0.4, -0.2) is 5.78 Å². The lowest BCUT2D eigenvalue weighted by molar-refractivity contribution is -0.128. The van der Waals surface area contributed by atoms with E-state index in [9.17, 15) is 4.79 Å². The second-order valence-corrected chi connectivity index (χ2v) is 7.30. The highest BCUT2D eigenvalue weighted by molar-refractivity contribution is 5.83. The molecule has 17 heavy (non-hydrogen) atoms. The normalized spacial score (nSPS) is 31.7. The summed E-state index contributed by atoms with van der Waals surface area (Å²) in [4.78, 5) is 12.4. The molecular formula is C16H28O. The van der Waals surface area contributed by atoms with Crippen LogP contribution < -0.4 is 0 Å². The van der Waals surface area contributed by atoms with Crippen LogP contribution in [0, 0.1) is 23.2 Å². The molecule has 2 rings (SSSR count). The lowest BCUT2D eigenvalue weighted by atomic mass is 9.68. The molecule has 2 aliphatic rings. The average Bonchev–Trinajstić information content (AvgIpc) is 2.80. The van der Waals surface area contributed by atoms with E-state index >= 15 is 0 Å². The van der Waals surface area contributed by atoms with E-state index in [-0.39, 0.29) is 0 Å².